The molecule has 2 aliphatic rings. The van der Waals surface area contributed by atoms with Crippen LogP contribution in [0.3, 0.4) is 0 Å². The summed E-state index contributed by atoms with van der Waals surface area (Å²) in [4.78, 5) is 16.5. The van der Waals surface area contributed by atoms with Crippen molar-refractivity contribution in [2.45, 2.75) is 24.9 Å². The third-order valence-corrected chi connectivity index (χ3v) is 5.29. The van der Waals surface area contributed by atoms with Gasteiger partial charge in [0.15, 0.2) is 11.0 Å². The van der Waals surface area contributed by atoms with Crippen LogP contribution in [0, 0.1) is 0 Å². The Labute approximate surface area is 156 Å². The number of nitrogens with zero attached hydrogens (tertiary/aromatic N) is 4. The first-order valence-electron chi connectivity index (χ1n) is 8.84. The third-order valence-electron chi connectivity index (χ3n) is 5.09. The Morgan fingerprint density at radius 3 is 2.31 bits per heavy atom. The molecular weight excluding hydrogens is 355 g/mol. The van der Waals surface area contributed by atoms with E-state index in [1.54, 1.807) is 6.07 Å². The van der Waals surface area contributed by atoms with E-state index in [0.29, 0.717) is 50.6 Å². The zero-order valence-electron chi connectivity index (χ0n) is 14.4. The third kappa shape index (κ3) is 3.65. The highest BCUT2D eigenvalue weighted by atomic mass is 35.5. The Hall–Kier alpha value is -2.21. The molecule has 0 N–H and O–H groups in total. The summed E-state index contributed by atoms with van der Waals surface area (Å²) in [6.07, 6.45) is 1.56. The molecule has 7 heteroatoms. The topological polar surface area (TPSA) is 49.3 Å². The number of benzene rings is 1. The Bertz CT molecular complexity index is 784. The van der Waals surface area contributed by atoms with E-state index >= 15 is 0 Å². The van der Waals surface area contributed by atoms with E-state index in [2.05, 4.69) is 15.1 Å². The molecule has 136 valence electrons. The second kappa shape index (κ2) is 6.83. The molecule has 2 heterocycles. The molecule has 1 saturated carbocycles. The summed E-state index contributed by atoms with van der Waals surface area (Å²) in [6.45, 7) is 2.72. The molecular formula is C19H20ClFN4O. The molecule has 1 saturated heterocycles. The number of hydrogen-bond donors (Lipinski definition) is 0. The lowest BCUT2D eigenvalue weighted by Crippen LogP contribution is -2.49. The molecule has 0 bridgehead atoms. The van der Waals surface area contributed by atoms with Crippen molar-refractivity contribution in [3.05, 3.63) is 52.7 Å². The summed E-state index contributed by atoms with van der Waals surface area (Å²) in [6, 6.07) is 10.9. The van der Waals surface area contributed by atoms with Crippen molar-refractivity contribution in [1.29, 1.82) is 0 Å². The van der Waals surface area contributed by atoms with Gasteiger partial charge >= 0.3 is 0 Å². The monoisotopic (exact) mass is 374 g/mol. The molecule has 2 aromatic rings. The molecule has 5 nitrogen and oxygen atoms in total. The van der Waals surface area contributed by atoms with Gasteiger partial charge in [0.2, 0.25) is 5.91 Å². The lowest BCUT2D eigenvalue weighted by molar-refractivity contribution is -0.130. The van der Waals surface area contributed by atoms with E-state index in [-0.39, 0.29) is 5.91 Å². The summed E-state index contributed by atoms with van der Waals surface area (Å²) in [5.74, 6) is 0.873. The Balaban J connectivity index is 1.31. The maximum Gasteiger partial charge on any atom is 0.227 e. The van der Waals surface area contributed by atoms with Crippen molar-refractivity contribution in [3.8, 4) is 0 Å². The minimum atomic E-state index is -1.12. The van der Waals surface area contributed by atoms with Gasteiger partial charge in [0.25, 0.3) is 0 Å². The van der Waals surface area contributed by atoms with E-state index in [4.69, 9.17) is 11.6 Å². The fraction of sp³-hybridized carbons (Fsp3) is 0.421. The first-order valence-corrected chi connectivity index (χ1v) is 9.22. The molecule has 0 atom stereocenters. The fourth-order valence-corrected chi connectivity index (χ4v) is 3.37. The number of carbonyl (C=O) groups excluding carboxylic acids is 1. The highest BCUT2D eigenvalue weighted by molar-refractivity contribution is 6.29. The molecule has 1 aromatic heterocycles. The van der Waals surface area contributed by atoms with Crippen LogP contribution >= 0.6 is 11.6 Å². The van der Waals surface area contributed by atoms with Crippen molar-refractivity contribution < 1.29 is 9.18 Å². The predicted octanol–water partition coefficient (Wildman–Crippen LogP) is 2.98. The highest BCUT2D eigenvalue weighted by Crippen LogP contribution is 2.49. The fourth-order valence-electron chi connectivity index (χ4n) is 3.27. The minimum absolute atomic E-state index is 0.0981. The number of rotatable bonds is 4. The number of hydrogen-bond acceptors (Lipinski definition) is 4. The molecule has 0 spiro atoms. The van der Waals surface area contributed by atoms with Crippen LogP contribution in [0.15, 0.2) is 36.4 Å². The summed E-state index contributed by atoms with van der Waals surface area (Å²) in [7, 11) is 0. The number of halogens is 2. The van der Waals surface area contributed by atoms with Gasteiger partial charge in [0.1, 0.15) is 5.67 Å². The molecule has 2 fully saturated rings. The van der Waals surface area contributed by atoms with Gasteiger partial charge in [-0.1, -0.05) is 35.9 Å². The van der Waals surface area contributed by atoms with Gasteiger partial charge in [-0.25, -0.2) is 4.39 Å². The minimum Gasteiger partial charge on any atom is -0.352 e. The molecule has 1 aromatic carbocycles. The average molecular weight is 375 g/mol. The summed E-state index contributed by atoms with van der Waals surface area (Å²) in [5.41, 5.74) is 0.532. The van der Waals surface area contributed by atoms with Crippen LogP contribution in [0.25, 0.3) is 0 Å². The first kappa shape index (κ1) is 17.2. The van der Waals surface area contributed by atoms with Gasteiger partial charge in [-0.3, -0.25) is 4.79 Å². The SMILES string of the molecule is O=C(Cc1ccc(C2(F)CC2)cc1)N1CCN(c2ccc(Cl)nn2)CC1. The molecule has 0 radical (unpaired) electrons. The number of piperazine rings is 1. The van der Waals surface area contributed by atoms with Gasteiger partial charge < -0.3 is 9.80 Å². The Morgan fingerprint density at radius 2 is 1.73 bits per heavy atom. The standard InChI is InChI=1S/C19H20ClFN4O/c20-16-5-6-17(23-22-16)24-9-11-25(12-10-24)18(26)13-14-1-3-15(4-2-14)19(21)7-8-19/h1-6H,7-13H2. The van der Waals surface area contributed by atoms with Gasteiger partial charge in [0.05, 0.1) is 6.42 Å². The first-order chi connectivity index (χ1) is 12.5. The number of alkyl halides is 1. The number of anilines is 1. The number of amides is 1. The van der Waals surface area contributed by atoms with Crippen molar-refractivity contribution >= 4 is 23.3 Å². The normalized spacial score (nSPS) is 18.7. The van der Waals surface area contributed by atoms with Crippen molar-refractivity contribution in [1.82, 2.24) is 15.1 Å². The van der Waals surface area contributed by atoms with Crippen LogP contribution < -0.4 is 4.90 Å². The lowest BCUT2D eigenvalue weighted by Gasteiger charge is -2.35. The number of carbonyl (C=O) groups is 1. The van der Waals surface area contributed by atoms with Crippen molar-refractivity contribution in [2.24, 2.45) is 0 Å². The van der Waals surface area contributed by atoms with Crippen LogP contribution in [-0.2, 0) is 16.9 Å². The summed E-state index contributed by atoms with van der Waals surface area (Å²) >= 11 is 5.76. The quantitative estimate of drug-likeness (QED) is 0.825. The zero-order chi connectivity index (χ0) is 18.1. The largest absolute Gasteiger partial charge is 0.352 e. The van der Waals surface area contributed by atoms with Crippen LogP contribution in [0.1, 0.15) is 24.0 Å². The van der Waals surface area contributed by atoms with Crippen LogP contribution in [0.2, 0.25) is 5.15 Å². The van der Waals surface area contributed by atoms with Gasteiger partial charge in [-0.15, -0.1) is 10.2 Å². The second-order valence-electron chi connectivity index (χ2n) is 6.92. The molecule has 4 rings (SSSR count). The van der Waals surface area contributed by atoms with E-state index in [1.165, 1.54) is 0 Å². The Kier molecular flexibility index (Phi) is 4.53. The molecule has 1 amide bonds. The lowest BCUT2D eigenvalue weighted by atomic mass is 10.0. The van der Waals surface area contributed by atoms with Gasteiger partial charge in [0, 0.05) is 26.2 Å². The van der Waals surface area contributed by atoms with E-state index in [1.807, 2.05) is 35.2 Å². The van der Waals surface area contributed by atoms with E-state index in [9.17, 15) is 9.18 Å². The maximum atomic E-state index is 14.0. The van der Waals surface area contributed by atoms with Crippen LogP contribution in [0.5, 0.6) is 0 Å². The molecule has 0 unspecified atom stereocenters. The summed E-state index contributed by atoms with van der Waals surface area (Å²) in [5, 5.41) is 8.31. The van der Waals surface area contributed by atoms with Crippen LogP contribution in [0.4, 0.5) is 10.2 Å². The second-order valence-corrected chi connectivity index (χ2v) is 7.31. The average Bonchev–Trinajstić information content (AvgIpc) is 3.42. The van der Waals surface area contributed by atoms with E-state index < -0.39 is 5.67 Å². The van der Waals surface area contributed by atoms with Gasteiger partial charge in [-0.05, 0) is 36.1 Å². The number of aromatic nitrogens is 2. The smallest absolute Gasteiger partial charge is 0.227 e. The van der Waals surface area contributed by atoms with E-state index in [0.717, 1.165) is 16.9 Å². The zero-order valence-corrected chi connectivity index (χ0v) is 15.1. The molecule has 1 aliphatic carbocycles. The van der Waals surface area contributed by atoms with Gasteiger partial charge in [-0.2, -0.15) is 0 Å². The molecule has 26 heavy (non-hydrogen) atoms. The summed E-state index contributed by atoms with van der Waals surface area (Å²) < 4.78 is 14.0. The van der Waals surface area contributed by atoms with Crippen molar-refractivity contribution in [3.63, 3.8) is 0 Å². The maximum absolute atomic E-state index is 14.0. The van der Waals surface area contributed by atoms with Crippen LogP contribution in [-0.4, -0.2) is 47.2 Å². The Morgan fingerprint density at radius 1 is 1.04 bits per heavy atom. The highest BCUT2D eigenvalue weighted by Gasteiger charge is 2.44. The molecule has 1 aliphatic heterocycles. The predicted molar refractivity (Wildman–Crippen MR) is 98.0 cm³/mol. The van der Waals surface area contributed by atoms with Crippen molar-refractivity contribution in [2.75, 3.05) is 31.1 Å².